The Kier molecular flexibility index (Phi) is 12.0. The first kappa shape index (κ1) is 23.0. The molecule has 0 spiro atoms. The van der Waals surface area contributed by atoms with E-state index in [1.165, 1.54) is 17.6 Å². The van der Waals surface area contributed by atoms with Crippen LogP contribution < -0.4 is 10.1 Å². The van der Waals surface area contributed by atoms with E-state index in [4.69, 9.17) is 8.92 Å². The van der Waals surface area contributed by atoms with Gasteiger partial charge in [0.1, 0.15) is 5.75 Å². The van der Waals surface area contributed by atoms with Crippen LogP contribution in [-0.2, 0) is 10.7 Å². The van der Waals surface area contributed by atoms with Crippen LogP contribution in [0.25, 0.3) is 12.2 Å². The van der Waals surface area contributed by atoms with Crippen molar-refractivity contribution in [2.24, 2.45) is 0 Å². The van der Waals surface area contributed by atoms with Crippen LogP contribution in [0.3, 0.4) is 0 Å². The summed E-state index contributed by atoms with van der Waals surface area (Å²) in [7, 11) is 1.94. The van der Waals surface area contributed by atoms with Gasteiger partial charge in [-0.25, -0.2) is 0 Å². The molecule has 1 N–H and O–H groups in total. The van der Waals surface area contributed by atoms with Crippen LogP contribution in [0.2, 0.25) is 0 Å². The Balaban J connectivity index is 0.00000176. The summed E-state index contributed by atoms with van der Waals surface area (Å²) >= 11 is 1.42. The number of ether oxygens (including phenoxy) is 1. The Hall–Kier alpha value is -2.01. The number of benzene rings is 2. The van der Waals surface area contributed by atoms with Crippen LogP contribution in [0, 0.1) is 0 Å². The molecule has 0 saturated carbocycles. The molecular formula is C23H31NO2S. The minimum atomic E-state index is 0.614. The molecule has 0 aliphatic rings. The lowest BCUT2D eigenvalue weighted by molar-refractivity contribution is 0.266. The highest BCUT2D eigenvalue weighted by molar-refractivity contribution is 7.94. The highest BCUT2D eigenvalue weighted by Crippen LogP contribution is 2.24. The van der Waals surface area contributed by atoms with Crippen molar-refractivity contribution in [2.45, 2.75) is 31.7 Å². The smallest absolute Gasteiger partial charge is 0.119 e. The van der Waals surface area contributed by atoms with Crippen LogP contribution in [-0.4, -0.2) is 20.3 Å². The Morgan fingerprint density at radius 2 is 1.74 bits per heavy atom. The molecule has 2 aromatic rings. The van der Waals surface area contributed by atoms with E-state index in [2.05, 4.69) is 30.6 Å². The zero-order chi connectivity index (χ0) is 19.9. The van der Waals surface area contributed by atoms with Crippen molar-refractivity contribution < 1.29 is 8.92 Å². The third-order valence-corrected chi connectivity index (χ3v) is 4.49. The SMILES string of the molecule is C=Cc1ccc(OCCCOSc2ccccc2CNC)cc1C=C.CC. The van der Waals surface area contributed by atoms with Gasteiger partial charge in [-0.1, -0.05) is 63.4 Å². The van der Waals surface area contributed by atoms with Gasteiger partial charge in [0.05, 0.1) is 13.2 Å². The zero-order valence-corrected chi connectivity index (χ0v) is 17.5. The van der Waals surface area contributed by atoms with E-state index in [1.807, 2.05) is 63.4 Å². The molecule has 2 rings (SSSR count). The zero-order valence-electron chi connectivity index (χ0n) is 16.7. The average Bonchev–Trinajstić information content (AvgIpc) is 2.73. The molecule has 2 aromatic carbocycles. The Morgan fingerprint density at radius 1 is 1.00 bits per heavy atom. The van der Waals surface area contributed by atoms with Gasteiger partial charge in [0, 0.05) is 29.9 Å². The molecule has 0 amide bonds. The van der Waals surface area contributed by atoms with Gasteiger partial charge in [0.25, 0.3) is 0 Å². The molecule has 0 aliphatic carbocycles. The third-order valence-electron chi connectivity index (χ3n) is 3.63. The van der Waals surface area contributed by atoms with E-state index in [9.17, 15) is 0 Å². The predicted molar refractivity (Wildman–Crippen MR) is 119 cm³/mol. The van der Waals surface area contributed by atoms with E-state index in [0.717, 1.165) is 34.7 Å². The molecule has 0 heterocycles. The summed E-state index contributed by atoms with van der Waals surface area (Å²) in [5.74, 6) is 0.840. The number of hydrogen-bond acceptors (Lipinski definition) is 4. The third kappa shape index (κ3) is 8.04. The first-order valence-corrected chi connectivity index (χ1v) is 10.1. The fourth-order valence-electron chi connectivity index (χ4n) is 2.34. The standard InChI is InChI=1S/C21H25NO2S.C2H6/c1-4-17-11-12-20(15-18(17)5-2)23-13-8-14-24-25-21-10-7-6-9-19(21)16-22-3;1-2/h4-7,9-12,15,22H,1-2,8,13-14,16H2,3H3;1-2H3. The maximum atomic E-state index is 5.78. The van der Waals surface area contributed by atoms with Gasteiger partial charge in [-0.05, 0) is 41.9 Å². The highest BCUT2D eigenvalue weighted by Gasteiger charge is 2.03. The van der Waals surface area contributed by atoms with Crippen molar-refractivity contribution in [1.29, 1.82) is 0 Å². The quantitative estimate of drug-likeness (QED) is 0.368. The van der Waals surface area contributed by atoms with E-state index < -0.39 is 0 Å². The van der Waals surface area contributed by atoms with Crippen molar-refractivity contribution in [1.82, 2.24) is 5.32 Å². The van der Waals surface area contributed by atoms with Gasteiger partial charge in [-0.15, -0.1) is 0 Å². The lowest BCUT2D eigenvalue weighted by atomic mass is 10.1. The fraction of sp³-hybridized carbons (Fsp3) is 0.304. The van der Waals surface area contributed by atoms with E-state index in [1.54, 1.807) is 0 Å². The van der Waals surface area contributed by atoms with E-state index in [0.29, 0.717) is 13.2 Å². The molecule has 0 radical (unpaired) electrons. The predicted octanol–water partition coefficient (Wildman–Crippen LogP) is 6.21. The highest BCUT2D eigenvalue weighted by atomic mass is 32.2. The average molecular weight is 386 g/mol. The molecule has 0 atom stereocenters. The molecule has 146 valence electrons. The molecule has 27 heavy (non-hydrogen) atoms. The second-order valence-corrected chi connectivity index (χ2v) is 6.29. The molecule has 0 unspecified atom stereocenters. The van der Waals surface area contributed by atoms with Gasteiger partial charge in [0.15, 0.2) is 0 Å². The van der Waals surface area contributed by atoms with Crippen molar-refractivity contribution in [3.05, 3.63) is 72.3 Å². The van der Waals surface area contributed by atoms with Gasteiger partial charge in [0.2, 0.25) is 0 Å². The molecular weight excluding hydrogens is 354 g/mol. The summed E-state index contributed by atoms with van der Waals surface area (Å²) in [5.41, 5.74) is 3.33. The largest absolute Gasteiger partial charge is 0.493 e. The topological polar surface area (TPSA) is 30.5 Å². The second kappa shape index (κ2) is 14.1. The van der Waals surface area contributed by atoms with E-state index in [-0.39, 0.29) is 0 Å². The lowest BCUT2D eigenvalue weighted by Crippen LogP contribution is -2.06. The van der Waals surface area contributed by atoms with Gasteiger partial charge in [-0.3, -0.25) is 0 Å². The van der Waals surface area contributed by atoms with Crippen LogP contribution in [0.15, 0.2) is 60.5 Å². The number of rotatable bonds is 11. The summed E-state index contributed by atoms with van der Waals surface area (Å²) in [6.45, 7) is 13.7. The first-order chi connectivity index (χ1) is 13.3. The number of hydrogen-bond donors (Lipinski definition) is 1. The summed E-state index contributed by atoms with van der Waals surface area (Å²) in [5, 5.41) is 3.17. The molecule has 4 heteroatoms. The summed E-state index contributed by atoms with van der Waals surface area (Å²) in [6, 6.07) is 14.2. The van der Waals surface area contributed by atoms with Gasteiger partial charge < -0.3 is 14.2 Å². The van der Waals surface area contributed by atoms with Crippen molar-refractivity contribution in [3.63, 3.8) is 0 Å². The molecule has 0 bridgehead atoms. The van der Waals surface area contributed by atoms with Gasteiger partial charge in [-0.2, -0.15) is 0 Å². The van der Waals surface area contributed by atoms with Crippen molar-refractivity contribution in [2.75, 3.05) is 20.3 Å². The maximum absolute atomic E-state index is 5.78. The first-order valence-electron chi connectivity index (χ1n) is 9.32. The van der Waals surface area contributed by atoms with Gasteiger partial charge >= 0.3 is 0 Å². The Morgan fingerprint density at radius 3 is 2.44 bits per heavy atom. The molecule has 0 aromatic heterocycles. The van der Waals surface area contributed by atoms with Crippen molar-refractivity contribution in [3.8, 4) is 5.75 Å². The minimum Gasteiger partial charge on any atom is -0.493 e. The van der Waals surface area contributed by atoms with Crippen molar-refractivity contribution >= 4 is 24.2 Å². The monoisotopic (exact) mass is 385 g/mol. The van der Waals surface area contributed by atoms with Crippen LogP contribution in [0.5, 0.6) is 5.75 Å². The second-order valence-electron chi connectivity index (χ2n) is 5.44. The summed E-state index contributed by atoms with van der Waals surface area (Å²) < 4.78 is 11.5. The Bertz CT molecular complexity index is 701. The number of nitrogens with one attached hydrogen (secondary N) is 1. The summed E-state index contributed by atoms with van der Waals surface area (Å²) in [6.07, 6.45) is 4.46. The molecule has 0 saturated heterocycles. The minimum absolute atomic E-state index is 0.614. The fourth-order valence-corrected chi connectivity index (χ4v) is 3.05. The van der Waals surface area contributed by atoms with Crippen LogP contribution in [0.1, 0.15) is 37.0 Å². The van der Waals surface area contributed by atoms with E-state index >= 15 is 0 Å². The normalized spacial score (nSPS) is 9.89. The molecule has 3 nitrogen and oxygen atoms in total. The summed E-state index contributed by atoms with van der Waals surface area (Å²) in [4.78, 5) is 1.15. The Labute approximate surface area is 168 Å². The maximum Gasteiger partial charge on any atom is 0.119 e. The molecule has 0 aliphatic heterocycles. The van der Waals surface area contributed by atoms with Crippen LogP contribution in [0.4, 0.5) is 0 Å². The lowest BCUT2D eigenvalue weighted by Gasteiger charge is -2.10. The van der Waals surface area contributed by atoms with Crippen LogP contribution >= 0.6 is 12.0 Å². The molecule has 0 fully saturated rings.